The molecular formula is C16H25Cl2N3OS. The number of fused-ring (bicyclic) bond motifs is 1. The summed E-state index contributed by atoms with van der Waals surface area (Å²) in [7, 11) is 1.87. The van der Waals surface area contributed by atoms with Gasteiger partial charge in [0.1, 0.15) is 0 Å². The van der Waals surface area contributed by atoms with Gasteiger partial charge in [0.2, 0.25) is 5.91 Å². The van der Waals surface area contributed by atoms with Crippen LogP contribution in [0.4, 0.5) is 0 Å². The third-order valence-electron chi connectivity index (χ3n) is 5.04. The van der Waals surface area contributed by atoms with Gasteiger partial charge in [0.25, 0.3) is 0 Å². The number of halogens is 2. The highest BCUT2D eigenvalue weighted by Gasteiger charge is 2.39. The Hall–Kier alpha value is -0.330. The molecule has 2 N–H and O–H groups in total. The number of carbonyl (C=O) groups excluding carboxylic acids is 1. The molecule has 7 heteroatoms. The molecule has 0 aromatic carbocycles. The zero-order chi connectivity index (χ0) is 15.7. The number of thiophene rings is 1. The molecule has 1 aliphatic heterocycles. The van der Waals surface area contributed by atoms with E-state index in [1.54, 1.807) is 4.90 Å². The first-order valence-electron chi connectivity index (χ1n) is 7.99. The minimum absolute atomic E-state index is 0. The number of rotatable bonds is 4. The van der Waals surface area contributed by atoms with Gasteiger partial charge in [-0.1, -0.05) is 18.0 Å². The molecule has 4 nitrogen and oxygen atoms in total. The number of carbonyl (C=O) groups is 1. The summed E-state index contributed by atoms with van der Waals surface area (Å²) in [6.45, 7) is 3.16. The normalized spacial score (nSPS) is 27.3. The fraction of sp³-hybridized carbons (Fsp3) is 0.688. The number of amides is 1. The summed E-state index contributed by atoms with van der Waals surface area (Å²) < 4.78 is 0.772. The van der Waals surface area contributed by atoms with Crippen molar-refractivity contribution in [3.05, 3.63) is 21.3 Å². The number of likely N-dealkylation sites (N-methyl/N-ethyl adjacent to an activating group) is 1. The Bertz CT molecular complexity index is 539. The summed E-state index contributed by atoms with van der Waals surface area (Å²) in [6.07, 6.45) is 3.65. The van der Waals surface area contributed by atoms with Gasteiger partial charge in [-0.2, -0.15) is 0 Å². The predicted octanol–water partition coefficient (Wildman–Crippen LogP) is 2.84. The first-order valence-corrected chi connectivity index (χ1v) is 9.18. The van der Waals surface area contributed by atoms with Crippen LogP contribution in [-0.4, -0.2) is 48.4 Å². The van der Waals surface area contributed by atoms with Crippen LogP contribution in [0.5, 0.6) is 0 Å². The quantitative estimate of drug-likeness (QED) is 0.877. The Balaban J connectivity index is 0.00000192. The van der Waals surface area contributed by atoms with Crippen LogP contribution in [0.15, 0.2) is 12.1 Å². The van der Waals surface area contributed by atoms with Gasteiger partial charge in [0.05, 0.1) is 17.4 Å². The highest BCUT2D eigenvalue weighted by atomic mass is 35.5. The molecular weight excluding hydrogens is 353 g/mol. The van der Waals surface area contributed by atoms with Gasteiger partial charge in [0.15, 0.2) is 0 Å². The molecule has 1 saturated carbocycles. The van der Waals surface area contributed by atoms with Gasteiger partial charge in [-0.05, 0) is 36.8 Å². The van der Waals surface area contributed by atoms with E-state index in [0.29, 0.717) is 31.0 Å². The van der Waals surface area contributed by atoms with Crippen molar-refractivity contribution in [1.29, 1.82) is 0 Å². The molecule has 3 unspecified atom stereocenters. The molecule has 0 radical (unpaired) electrons. The molecule has 1 aromatic heterocycles. The molecule has 1 amide bonds. The summed E-state index contributed by atoms with van der Waals surface area (Å²) in [5.41, 5.74) is 6.24. The van der Waals surface area contributed by atoms with Gasteiger partial charge in [-0.15, -0.1) is 23.7 Å². The summed E-state index contributed by atoms with van der Waals surface area (Å²) >= 11 is 7.47. The molecule has 130 valence electrons. The molecule has 3 atom stereocenters. The zero-order valence-corrected chi connectivity index (χ0v) is 15.8. The van der Waals surface area contributed by atoms with E-state index in [1.807, 2.05) is 19.2 Å². The fourth-order valence-corrected chi connectivity index (χ4v) is 4.95. The van der Waals surface area contributed by atoms with E-state index < -0.39 is 0 Å². The van der Waals surface area contributed by atoms with Gasteiger partial charge in [0, 0.05) is 31.1 Å². The maximum atomic E-state index is 12.4. The van der Waals surface area contributed by atoms with E-state index in [0.717, 1.165) is 28.7 Å². The predicted molar refractivity (Wildman–Crippen MR) is 98.3 cm³/mol. The molecule has 1 aromatic rings. The van der Waals surface area contributed by atoms with Crippen molar-refractivity contribution in [2.24, 2.45) is 17.6 Å². The molecule has 2 aliphatic rings. The Morgan fingerprint density at radius 1 is 1.43 bits per heavy atom. The average molecular weight is 378 g/mol. The van der Waals surface area contributed by atoms with Crippen molar-refractivity contribution < 1.29 is 4.79 Å². The lowest BCUT2D eigenvalue weighted by atomic mass is 9.78. The molecule has 0 bridgehead atoms. The van der Waals surface area contributed by atoms with Crippen LogP contribution in [0, 0.1) is 11.8 Å². The number of nitrogens with two attached hydrogens (primary N) is 1. The van der Waals surface area contributed by atoms with Crippen molar-refractivity contribution in [3.8, 4) is 0 Å². The van der Waals surface area contributed by atoms with Gasteiger partial charge in [-0.3, -0.25) is 9.69 Å². The largest absolute Gasteiger partial charge is 0.340 e. The number of nitrogens with zero attached hydrogens (tertiary/aromatic N) is 2. The SMILES string of the molecule is CN(Cc1ccc(Cl)s1)C(=O)CN1CC2CCCC(N)C2C1.Cl. The Morgan fingerprint density at radius 3 is 2.87 bits per heavy atom. The lowest BCUT2D eigenvalue weighted by Gasteiger charge is -2.29. The van der Waals surface area contributed by atoms with E-state index in [2.05, 4.69) is 4.90 Å². The summed E-state index contributed by atoms with van der Waals surface area (Å²) in [5, 5.41) is 0. The summed E-state index contributed by atoms with van der Waals surface area (Å²) in [5.74, 6) is 1.46. The first kappa shape index (κ1) is 19.0. The van der Waals surface area contributed by atoms with Crippen LogP contribution < -0.4 is 5.73 Å². The summed E-state index contributed by atoms with van der Waals surface area (Å²) in [4.78, 5) is 17.6. The van der Waals surface area contributed by atoms with Gasteiger partial charge >= 0.3 is 0 Å². The molecule has 1 aliphatic carbocycles. The highest BCUT2D eigenvalue weighted by molar-refractivity contribution is 7.16. The minimum atomic E-state index is 0. The second-order valence-electron chi connectivity index (χ2n) is 6.67. The molecule has 1 saturated heterocycles. The third-order valence-corrected chi connectivity index (χ3v) is 6.25. The Kier molecular flexibility index (Phi) is 6.75. The zero-order valence-electron chi connectivity index (χ0n) is 13.4. The van der Waals surface area contributed by atoms with Crippen LogP contribution in [0.25, 0.3) is 0 Å². The van der Waals surface area contributed by atoms with E-state index in [-0.39, 0.29) is 18.3 Å². The minimum Gasteiger partial charge on any atom is -0.340 e. The maximum Gasteiger partial charge on any atom is 0.236 e. The van der Waals surface area contributed by atoms with Crippen molar-refractivity contribution in [2.75, 3.05) is 26.7 Å². The first-order chi connectivity index (χ1) is 10.5. The molecule has 3 rings (SSSR count). The van der Waals surface area contributed by atoms with Crippen LogP contribution in [0.2, 0.25) is 4.34 Å². The topological polar surface area (TPSA) is 49.6 Å². The van der Waals surface area contributed by atoms with Crippen molar-refractivity contribution in [3.63, 3.8) is 0 Å². The van der Waals surface area contributed by atoms with E-state index >= 15 is 0 Å². The van der Waals surface area contributed by atoms with Gasteiger partial charge < -0.3 is 10.6 Å². The summed E-state index contributed by atoms with van der Waals surface area (Å²) in [6, 6.07) is 4.19. The van der Waals surface area contributed by atoms with Crippen molar-refractivity contribution in [1.82, 2.24) is 9.80 Å². The van der Waals surface area contributed by atoms with E-state index in [1.165, 1.54) is 24.2 Å². The van der Waals surface area contributed by atoms with Crippen molar-refractivity contribution in [2.45, 2.75) is 31.8 Å². The van der Waals surface area contributed by atoms with E-state index in [9.17, 15) is 4.79 Å². The maximum absolute atomic E-state index is 12.4. The van der Waals surface area contributed by atoms with Crippen LogP contribution in [0.1, 0.15) is 24.1 Å². The van der Waals surface area contributed by atoms with Crippen LogP contribution in [0.3, 0.4) is 0 Å². The highest BCUT2D eigenvalue weighted by Crippen LogP contribution is 2.35. The molecule has 2 heterocycles. The monoisotopic (exact) mass is 377 g/mol. The fourth-order valence-electron chi connectivity index (χ4n) is 3.81. The second-order valence-corrected chi connectivity index (χ2v) is 8.47. The molecule has 23 heavy (non-hydrogen) atoms. The van der Waals surface area contributed by atoms with Crippen LogP contribution in [-0.2, 0) is 11.3 Å². The van der Waals surface area contributed by atoms with Crippen LogP contribution >= 0.6 is 35.3 Å². The second kappa shape index (κ2) is 8.17. The lowest BCUT2D eigenvalue weighted by molar-refractivity contribution is -0.131. The number of likely N-dealkylation sites (tertiary alicyclic amines) is 1. The average Bonchev–Trinajstić information content (AvgIpc) is 3.05. The molecule has 2 fully saturated rings. The number of hydrogen-bond donors (Lipinski definition) is 1. The Morgan fingerprint density at radius 2 is 2.22 bits per heavy atom. The van der Waals surface area contributed by atoms with Gasteiger partial charge in [-0.25, -0.2) is 0 Å². The lowest BCUT2D eigenvalue weighted by Crippen LogP contribution is -2.39. The smallest absolute Gasteiger partial charge is 0.236 e. The number of hydrogen-bond acceptors (Lipinski definition) is 4. The van der Waals surface area contributed by atoms with Crippen molar-refractivity contribution >= 4 is 41.3 Å². The standard InChI is InChI=1S/C16H24ClN3OS.ClH/c1-19(8-12-5-6-15(17)22-12)16(21)10-20-7-11-3-2-4-14(18)13(11)9-20;/h5-6,11,13-14H,2-4,7-10,18H2,1H3;1H. The van der Waals surface area contributed by atoms with E-state index in [4.69, 9.17) is 17.3 Å². The third kappa shape index (κ3) is 4.60. The molecule has 0 spiro atoms. The Labute approximate surface area is 153 Å².